The third kappa shape index (κ3) is 1.71. The van der Waals surface area contributed by atoms with Crippen LogP contribution in [0.5, 0.6) is 0 Å². The summed E-state index contributed by atoms with van der Waals surface area (Å²) in [4.78, 5) is 0. The van der Waals surface area contributed by atoms with Crippen molar-refractivity contribution >= 4 is 11.8 Å². The molecule has 2 aliphatic rings. The van der Waals surface area contributed by atoms with E-state index in [-0.39, 0.29) is 0 Å². The van der Waals surface area contributed by atoms with Crippen molar-refractivity contribution in [3.05, 3.63) is 48.0 Å². The Hall–Kier alpha value is -0.690. The van der Waals surface area contributed by atoms with E-state index in [4.69, 9.17) is 0 Å². The molecule has 1 aliphatic heterocycles. The Morgan fingerprint density at radius 3 is 2.69 bits per heavy atom. The third-order valence-electron chi connectivity index (χ3n) is 4.04. The van der Waals surface area contributed by atoms with E-state index >= 15 is 0 Å². The zero-order valence-electron chi connectivity index (χ0n) is 9.67. The molecule has 84 valence electrons. The molecule has 0 unspecified atom stereocenters. The highest BCUT2D eigenvalue weighted by Crippen LogP contribution is 2.47. The minimum atomic E-state index is 0.697. The molecule has 1 aromatic carbocycles. The van der Waals surface area contributed by atoms with Gasteiger partial charge in [-0.2, -0.15) is 11.8 Å². The van der Waals surface area contributed by atoms with Crippen LogP contribution in [0.4, 0.5) is 0 Å². The maximum atomic E-state index is 2.47. The van der Waals surface area contributed by atoms with Gasteiger partial charge >= 0.3 is 0 Å². The summed E-state index contributed by atoms with van der Waals surface area (Å²) >= 11 is 2.13. The lowest BCUT2D eigenvalue weighted by atomic mass is 9.69. The van der Waals surface area contributed by atoms with Gasteiger partial charge in [0.05, 0.1) is 0 Å². The molecule has 0 nitrogen and oxygen atoms in total. The minimum absolute atomic E-state index is 0.697. The fourth-order valence-corrected chi connectivity index (χ4v) is 4.70. The van der Waals surface area contributed by atoms with Crippen molar-refractivity contribution in [2.75, 3.05) is 11.5 Å². The molecule has 1 fully saturated rings. The van der Waals surface area contributed by atoms with Gasteiger partial charge in [-0.3, -0.25) is 0 Å². The zero-order valence-corrected chi connectivity index (χ0v) is 10.5. The summed E-state index contributed by atoms with van der Waals surface area (Å²) in [6.45, 7) is 2.37. The lowest BCUT2D eigenvalue weighted by Gasteiger charge is -2.34. The van der Waals surface area contributed by atoms with Gasteiger partial charge in [-0.15, -0.1) is 0 Å². The fraction of sp³-hybridized carbons (Fsp3) is 0.467. The van der Waals surface area contributed by atoms with Crippen LogP contribution in [-0.2, 0) is 0 Å². The Morgan fingerprint density at radius 2 is 1.88 bits per heavy atom. The summed E-state index contributed by atoms with van der Waals surface area (Å²) in [5, 5.41) is 0. The largest absolute Gasteiger partial charge is 0.161 e. The van der Waals surface area contributed by atoms with Crippen molar-refractivity contribution in [2.45, 2.75) is 12.8 Å². The smallest absolute Gasteiger partial charge is 0.000116 e. The second-order valence-electron chi connectivity index (χ2n) is 5.05. The summed E-state index contributed by atoms with van der Waals surface area (Å²) < 4.78 is 0. The van der Waals surface area contributed by atoms with Gasteiger partial charge < -0.3 is 0 Å². The Bertz CT molecular complexity index is 382. The molecule has 0 aromatic heterocycles. The fourth-order valence-electron chi connectivity index (χ4n) is 3.21. The van der Waals surface area contributed by atoms with Gasteiger partial charge in [0.2, 0.25) is 0 Å². The molecule has 16 heavy (non-hydrogen) atoms. The van der Waals surface area contributed by atoms with E-state index in [0.29, 0.717) is 5.92 Å². The van der Waals surface area contributed by atoms with E-state index in [2.05, 4.69) is 61.2 Å². The summed E-state index contributed by atoms with van der Waals surface area (Å²) in [6, 6.07) is 11.1. The second kappa shape index (κ2) is 4.29. The highest BCUT2D eigenvalue weighted by molar-refractivity contribution is 7.99. The summed E-state index contributed by atoms with van der Waals surface area (Å²) in [5.41, 5.74) is 1.54. The van der Waals surface area contributed by atoms with E-state index in [1.165, 1.54) is 17.1 Å². The third-order valence-corrected chi connectivity index (χ3v) is 5.29. The van der Waals surface area contributed by atoms with Gasteiger partial charge in [0, 0.05) is 0 Å². The monoisotopic (exact) mass is 230 g/mol. The maximum absolute atomic E-state index is 2.47. The van der Waals surface area contributed by atoms with Gasteiger partial charge in [0.25, 0.3) is 0 Å². The SMILES string of the molecule is C[C@@H]1C=C[C@H]2CSC[C@H]2[C@@H]1c1ccccc1. The second-order valence-corrected chi connectivity index (χ2v) is 6.12. The van der Waals surface area contributed by atoms with Crippen LogP contribution in [-0.4, -0.2) is 11.5 Å². The molecule has 1 aliphatic carbocycles. The summed E-state index contributed by atoms with van der Waals surface area (Å²) in [5.74, 6) is 5.81. The number of allylic oxidation sites excluding steroid dienone is 2. The Labute approximate surface area is 102 Å². The maximum Gasteiger partial charge on any atom is -0.000116 e. The van der Waals surface area contributed by atoms with Crippen LogP contribution in [0.1, 0.15) is 18.4 Å². The topological polar surface area (TPSA) is 0 Å². The molecule has 0 bridgehead atoms. The van der Waals surface area contributed by atoms with Crippen molar-refractivity contribution in [2.24, 2.45) is 17.8 Å². The van der Waals surface area contributed by atoms with E-state index in [1.807, 2.05) is 0 Å². The average molecular weight is 230 g/mol. The molecule has 0 N–H and O–H groups in total. The standard InChI is InChI=1S/C15H18S/c1-11-7-8-13-9-16-10-14(13)15(11)12-5-3-2-4-6-12/h2-8,11,13-15H,9-10H2,1H3/t11-,13+,14-,15+/m1/s1. The van der Waals surface area contributed by atoms with Gasteiger partial charge in [-0.05, 0) is 40.7 Å². The van der Waals surface area contributed by atoms with Gasteiger partial charge in [0.15, 0.2) is 0 Å². The quantitative estimate of drug-likeness (QED) is 0.658. The highest BCUT2D eigenvalue weighted by atomic mass is 32.2. The van der Waals surface area contributed by atoms with Crippen molar-refractivity contribution in [1.82, 2.24) is 0 Å². The molecular formula is C15H18S. The zero-order chi connectivity index (χ0) is 11.0. The average Bonchev–Trinajstić information content (AvgIpc) is 2.78. The molecular weight excluding hydrogens is 212 g/mol. The van der Waals surface area contributed by atoms with Crippen LogP contribution < -0.4 is 0 Å². The van der Waals surface area contributed by atoms with Crippen molar-refractivity contribution in [3.63, 3.8) is 0 Å². The summed E-state index contributed by atoms with van der Waals surface area (Å²) in [7, 11) is 0. The first-order chi connectivity index (χ1) is 7.86. The number of fused-ring (bicyclic) bond motifs is 1. The Morgan fingerprint density at radius 1 is 1.06 bits per heavy atom. The lowest BCUT2D eigenvalue weighted by Crippen LogP contribution is -2.27. The molecule has 1 heteroatoms. The number of hydrogen-bond donors (Lipinski definition) is 0. The van der Waals surface area contributed by atoms with Crippen LogP contribution in [0.2, 0.25) is 0 Å². The first-order valence-electron chi connectivity index (χ1n) is 6.17. The van der Waals surface area contributed by atoms with Gasteiger partial charge in [-0.25, -0.2) is 0 Å². The molecule has 1 heterocycles. The van der Waals surface area contributed by atoms with Crippen LogP contribution in [0.25, 0.3) is 0 Å². The van der Waals surface area contributed by atoms with E-state index < -0.39 is 0 Å². The van der Waals surface area contributed by atoms with Crippen molar-refractivity contribution in [1.29, 1.82) is 0 Å². The van der Waals surface area contributed by atoms with Gasteiger partial charge in [0.1, 0.15) is 0 Å². The molecule has 0 amide bonds. The number of benzene rings is 1. The normalized spacial score (nSPS) is 37.3. The van der Waals surface area contributed by atoms with E-state index in [1.54, 1.807) is 0 Å². The number of hydrogen-bond acceptors (Lipinski definition) is 1. The van der Waals surface area contributed by atoms with Gasteiger partial charge in [-0.1, -0.05) is 49.4 Å². The van der Waals surface area contributed by atoms with Crippen LogP contribution in [0, 0.1) is 17.8 Å². The lowest BCUT2D eigenvalue weighted by molar-refractivity contribution is 0.326. The molecule has 4 atom stereocenters. The summed E-state index contributed by atoms with van der Waals surface area (Å²) in [6.07, 6.45) is 4.90. The van der Waals surface area contributed by atoms with E-state index in [9.17, 15) is 0 Å². The Balaban J connectivity index is 1.96. The Kier molecular flexibility index (Phi) is 2.81. The predicted molar refractivity (Wildman–Crippen MR) is 71.8 cm³/mol. The number of rotatable bonds is 1. The molecule has 1 aromatic rings. The first kappa shape index (κ1) is 10.5. The van der Waals surface area contributed by atoms with Crippen molar-refractivity contribution in [3.8, 4) is 0 Å². The molecule has 0 spiro atoms. The van der Waals surface area contributed by atoms with Crippen LogP contribution in [0.15, 0.2) is 42.5 Å². The van der Waals surface area contributed by atoms with Crippen LogP contribution in [0.3, 0.4) is 0 Å². The highest BCUT2D eigenvalue weighted by Gasteiger charge is 2.38. The van der Waals surface area contributed by atoms with E-state index in [0.717, 1.165) is 17.8 Å². The molecule has 0 radical (unpaired) electrons. The minimum Gasteiger partial charge on any atom is -0.161 e. The molecule has 3 rings (SSSR count). The number of thioether (sulfide) groups is 1. The predicted octanol–water partition coefficient (Wildman–Crippen LogP) is 3.96. The molecule has 1 saturated heterocycles. The van der Waals surface area contributed by atoms with Crippen molar-refractivity contribution < 1.29 is 0 Å². The first-order valence-corrected chi connectivity index (χ1v) is 7.33. The molecule has 0 saturated carbocycles. The van der Waals surface area contributed by atoms with Crippen LogP contribution >= 0.6 is 11.8 Å².